The number of carbonyl (C=O) groups excluding carboxylic acids is 2. The summed E-state index contributed by atoms with van der Waals surface area (Å²) >= 11 is 0. The third-order valence-corrected chi connectivity index (χ3v) is 6.18. The molecule has 3 aliphatic carbocycles. The molecule has 4 fully saturated rings. The summed E-state index contributed by atoms with van der Waals surface area (Å²) in [6.07, 6.45) is 1.10. The van der Waals surface area contributed by atoms with Crippen molar-refractivity contribution in [3.05, 3.63) is 0 Å². The van der Waals surface area contributed by atoms with Crippen molar-refractivity contribution in [3.8, 4) is 0 Å². The standard InChI is InChI=1S/C18H28O7/c1-16(2)23-9-11(25-16)13-14(15(20)22-5)18(24-10-21-4)7-6-17(13,3)12(19)8-18/h11,13-14H,6-10H2,1-5H3/t11-,13-,14+,17+,18+/m1/s1. The minimum atomic E-state index is -0.904. The largest absolute Gasteiger partial charge is 0.469 e. The molecule has 4 rings (SSSR count). The van der Waals surface area contributed by atoms with Gasteiger partial charge in [0.05, 0.1) is 31.3 Å². The molecule has 1 aliphatic heterocycles. The summed E-state index contributed by atoms with van der Waals surface area (Å²) in [4.78, 5) is 25.7. The van der Waals surface area contributed by atoms with Crippen LogP contribution in [0.1, 0.15) is 40.0 Å². The van der Waals surface area contributed by atoms with Crippen LogP contribution in [0, 0.1) is 17.3 Å². The first kappa shape index (κ1) is 18.8. The average molecular weight is 356 g/mol. The van der Waals surface area contributed by atoms with Crippen molar-refractivity contribution in [3.63, 3.8) is 0 Å². The molecule has 0 spiro atoms. The zero-order valence-corrected chi connectivity index (χ0v) is 15.6. The molecule has 7 heteroatoms. The van der Waals surface area contributed by atoms with Crippen LogP contribution in [-0.2, 0) is 33.3 Å². The fourth-order valence-corrected chi connectivity index (χ4v) is 4.88. The number of carbonyl (C=O) groups is 2. The molecule has 1 saturated heterocycles. The molecule has 0 radical (unpaired) electrons. The number of fused-ring (bicyclic) bond motifs is 3. The van der Waals surface area contributed by atoms with E-state index in [4.69, 9.17) is 23.7 Å². The number of ketones is 1. The first-order valence-electron chi connectivity index (χ1n) is 8.75. The third-order valence-electron chi connectivity index (χ3n) is 6.18. The minimum Gasteiger partial charge on any atom is -0.469 e. The lowest BCUT2D eigenvalue weighted by molar-refractivity contribution is -0.245. The molecular formula is C18H28O7. The van der Waals surface area contributed by atoms with Gasteiger partial charge in [0.25, 0.3) is 0 Å². The first-order chi connectivity index (χ1) is 11.7. The van der Waals surface area contributed by atoms with Crippen molar-refractivity contribution < 1.29 is 33.3 Å². The molecular weight excluding hydrogens is 328 g/mol. The first-order valence-corrected chi connectivity index (χ1v) is 8.75. The summed E-state index contributed by atoms with van der Waals surface area (Å²) < 4.78 is 27.9. The molecule has 0 amide bonds. The van der Waals surface area contributed by atoms with Crippen LogP contribution in [0.5, 0.6) is 0 Å². The molecule has 3 saturated carbocycles. The lowest BCUT2D eigenvalue weighted by atomic mass is 9.47. The summed E-state index contributed by atoms with van der Waals surface area (Å²) in [5.41, 5.74) is -1.55. The van der Waals surface area contributed by atoms with Crippen molar-refractivity contribution in [2.24, 2.45) is 17.3 Å². The van der Waals surface area contributed by atoms with Crippen LogP contribution >= 0.6 is 0 Å². The Labute approximate surface area is 148 Å². The van der Waals surface area contributed by atoms with Gasteiger partial charge in [-0.1, -0.05) is 6.92 Å². The van der Waals surface area contributed by atoms with Gasteiger partial charge in [0.1, 0.15) is 12.6 Å². The van der Waals surface area contributed by atoms with E-state index in [1.54, 1.807) is 0 Å². The number of esters is 1. The van der Waals surface area contributed by atoms with Crippen LogP contribution < -0.4 is 0 Å². The topological polar surface area (TPSA) is 80.3 Å². The van der Waals surface area contributed by atoms with Gasteiger partial charge in [-0.15, -0.1) is 0 Å². The zero-order valence-electron chi connectivity index (χ0n) is 15.6. The SMILES string of the molecule is COCO[C@@]12CC[C@@](C)(C(=O)C1)[C@H]([C@H]1COC(C)(C)O1)[C@H]2C(=O)OC. The van der Waals surface area contributed by atoms with Gasteiger partial charge in [-0.05, 0) is 26.7 Å². The van der Waals surface area contributed by atoms with Gasteiger partial charge in [-0.25, -0.2) is 0 Å². The van der Waals surface area contributed by atoms with Crippen molar-refractivity contribution in [2.45, 2.75) is 57.5 Å². The summed E-state index contributed by atoms with van der Waals surface area (Å²) in [5.74, 6) is -1.94. The molecule has 0 aromatic heterocycles. The maximum Gasteiger partial charge on any atom is 0.312 e. The highest BCUT2D eigenvalue weighted by atomic mass is 16.7. The molecule has 5 atom stereocenters. The summed E-state index contributed by atoms with van der Waals surface area (Å²) in [6, 6.07) is 0. The number of methoxy groups -OCH3 is 2. The van der Waals surface area contributed by atoms with Crippen LogP contribution in [0.15, 0.2) is 0 Å². The fraction of sp³-hybridized carbons (Fsp3) is 0.889. The molecule has 142 valence electrons. The van der Waals surface area contributed by atoms with Crippen LogP contribution in [0.25, 0.3) is 0 Å². The van der Waals surface area contributed by atoms with Gasteiger partial charge >= 0.3 is 5.97 Å². The number of ether oxygens (including phenoxy) is 5. The molecule has 0 aromatic carbocycles. The quantitative estimate of drug-likeness (QED) is 0.547. The fourth-order valence-electron chi connectivity index (χ4n) is 4.88. The van der Waals surface area contributed by atoms with E-state index >= 15 is 0 Å². The molecule has 4 aliphatic rings. The van der Waals surface area contributed by atoms with Gasteiger partial charge in [0.2, 0.25) is 0 Å². The predicted molar refractivity (Wildman–Crippen MR) is 86.6 cm³/mol. The van der Waals surface area contributed by atoms with E-state index in [-0.39, 0.29) is 37.0 Å². The van der Waals surface area contributed by atoms with Gasteiger partial charge in [-0.2, -0.15) is 0 Å². The summed E-state index contributed by atoms with van der Waals surface area (Å²) in [6.45, 7) is 5.97. The molecule has 2 bridgehead atoms. The van der Waals surface area contributed by atoms with E-state index < -0.39 is 22.7 Å². The van der Waals surface area contributed by atoms with E-state index in [1.165, 1.54) is 14.2 Å². The van der Waals surface area contributed by atoms with Crippen LogP contribution in [-0.4, -0.2) is 56.9 Å². The molecule has 0 N–H and O–H groups in total. The maximum atomic E-state index is 13.0. The van der Waals surface area contributed by atoms with Crippen LogP contribution in [0.2, 0.25) is 0 Å². The van der Waals surface area contributed by atoms with Crippen molar-refractivity contribution in [1.29, 1.82) is 0 Å². The van der Waals surface area contributed by atoms with E-state index in [0.717, 1.165) is 0 Å². The Morgan fingerprint density at radius 3 is 2.48 bits per heavy atom. The Hall–Kier alpha value is -1.02. The number of Topliss-reactive ketones (excluding diaryl/α,β-unsaturated/α-hetero) is 1. The average Bonchev–Trinajstić information content (AvgIpc) is 2.92. The van der Waals surface area contributed by atoms with E-state index in [9.17, 15) is 9.59 Å². The van der Waals surface area contributed by atoms with E-state index in [2.05, 4.69) is 0 Å². The molecule has 1 heterocycles. The van der Waals surface area contributed by atoms with Crippen LogP contribution in [0.3, 0.4) is 0 Å². The van der Waals surface area contributed by atoms with Gasteiger partial charge < -0.3 is 23.7 Å². The predicted octanol–water partition coefficient (Wildman–Crippen LogP) is 1.68. The normalized spacial score (nSPS) is 42.6. The Morgan fingerprint density at radius 2 is 1.96 bits per heavy atom. The van der Waals surface area contributed by atoms with Crippen LogP contribution in [0.4, 0.5) is 0 Å². The second-order valence-electron chi connectivity index (χ2n) is 8.03. The number of rotatable bonds is 5. The monoisotopic (exact) mass is 356 g/mol. The minimum absolute atomic E-state index is 0.0255. The molecule has 0 aromatic rings. The van der Waals surface area contributed by atoms with E-state index in [1.807, 2.05) is 20.8 Å². The Kier molecular flexibility index (Phi) is 4.73. The van der Waals surface area contributed by atoms with Crippen molar-refractivity contribution in [2.75, 3.05) is 27.6 Å². The molecule has 7 nitrogen and oxygen atoms in total. The third kappa shape index (κ3) is 2.91. The lowest BCUT2D eigenvalue weighted by Crippen LogP contribution is -2.68. The van der Waals surface area contributed by atoms with Crippen molar-refractivity contribution in [1.82, 2.24) is 0 Å². The van der Waals surface area contributed by atoms with Gasteiger partial charge in [0.15, 0.2) is 5.79 Å². The second-order valence-corrected chi connectivity index (χ2v) is 8.03. The Bertz CT molecular complexity index is 556. The number of hydrogen-bond donors (Lipinski definition) is 0. The highest BCUT2D eigenvalue weighted by molar-refractivity contribution is 5.91. The summed E-state index contributed by atoms with van der Waals surface area (Å²) in [7, 11) is 2.89. The second kappa shape index (κ2) is 6.30. The smallest absolute Gasteiger partial charge is 0.312 e. The highest BCUT2D eigenvalue weighted by Crippen LogP contribution is 2.60. The Morgan fingerprint density at radius 1 is 1.24 bits per heavy atom. The van der Waals surface area contributed by atoms with Crippen molar-refractivity contribution >= 4 is 11.8 Å². The molecule has 0 unspecified atom stereocenters. The lowest BCUT2D eigenvalue weighted by Gasteiger charge is -2.59. The Balaban J connectivity index is 2.02. The van der Waals surface area contributed by atoms with Gasteiger partial charge in [-0.3, -0.25) is 9.59 Å². The highest BCUT2D eigenvalue weighted by Gasteiger charge is 2.68. The maximum absolute atomic E-state index is 13.0. The van der Waals surface area contributed by atoms with E-state index in [0.29, 0.717) is 19.4 Å². The van der Waals surface area contributed by atoms with Gasteiger partial charge in [0, 0.05) is 24.9 Å². The molecule has 25 heavy (non-hydrogen) atoms. The number of hydrogen-bond acceptors (Lipinski definition) is 7. The summed E-state index contributed by atoms with van der Waals surface area (Å²) in [5, 5.41) is 0. The zero-order chi connectivity index (χ0) is 18.5.